The van der Waals surface area contributed by atoms with E-state index in [0.29, 0.717) is 11.3 Å². The van der Waals surface area contributed by atoms with Gasteiger partial charge in [0.1, 0.15) is 0 Å². The number of ether oxygens (including phenoxy) is 1. The second-order valence-corrected chi connectivity index (χ2v) is 6.19. The van der Waals surface area contributed by atoms with Crippen LogP contribution >= 0.6 is 15.9 Å². The van der Waals surface area contributed by atoms with Crippen LogP contribution in [0.5, 0.6) is 0 Å². The Hall–Kier alpha value is -0.340. The van der Waals surface area contributed by atoms with Gasteiger partial charge >= 0.3 is 0 Å². The molecule has 0 aliphatic rings. The third kappa shape index (κ3) is 5.69. The van der Waals surface area contributed by atoms with Crippen molar-refractivity contribution < 1.29 is 4.74 Å². The van der Waals surface area contributed by atoms with Gasteiger partial charge in [-0.25, -0.2) is 0 Å². The van der Waals surface area contributed by atoms with Gasteiger partial charge in [-0.05, 0) is 23.3 Å². The predicted molar refractivity (Wildman–Crippen MR) is 77.5 cm³/mol. The Morgan fingerprint density at radius 2 is 1.82 bits per heavy atom. The summed E-state index contributed by atoms with van der Waals surface area (Å²) in [5.41, 5.74) is 1.60. The van der Waals surface area contributed by atoms with Gasteiger partial charge in [0.15, 0.2) is 0 Å². The van der Waals surface area contributed by atoms with Crippen LogP contribution in [0.15, 0.2) is 30.3 Å². The summed E-state index contributed by atoms with van der Waals surface area (Å²) in [7, 11) is 0. The first-order valence-corrected chi connectivity index (χ1v) is 7.34. The first-order chi connectivity index (χ1) is 8.04. The van der Waals surface area contributed by atoms with E-state index in [2.05, 4.69) is 61.0 Å². The molecule has 96 valence electrons. The summed E-state index contributed by atoms with van der Waals surface area (Å²) in [6.07, 6.45) is 1.11. The van der Waals surface area contributed by atoms with Gasteiger partial charge < -0.3 is 4.74 Å². The lowest BCUT2D eigenvalue weighted by atomic mass is 9.80. The molecule has 0 saturated heterocycles. The van der Waals surface area contributed by atoms with Crippen molar-refractivity contribution in [3.05, 3.63) is 35.9 Å². The molecule has 0 aliphatic carbocycles. The maximum absolute atomic E-state index is 5.73. The number of alkyl halides is 1. The van der Waals surface area contributed by atoms with E-state index in [9.17, 15) is 0 Å². The molecule has 0 N–H and O–H groups in total. The molecule has 1 aromatic carbocycles. The van der Waals surface area contributed by atoms with Crippen LogP contribution in [0.2, 0.25) is 0 Å². The molecule has 1 atom stereocenters. The molecule has 1 rings (SSSR count). The Labute approximate surface area is 114 Å². The molecule has 0 amide bonds. The van der Waals surface area contributed by atoms with Gasteiger partial charge in [-0.15, -0.1) is 0 Å². The van der Waals surface area contributed by atoms with Crippen molar-refractivity contribution >= 4 is 15.9 Å². The summed E-state index contributed by atoms with van der Waals surface area (Å²) in [6.45, 7) is 8.42. The van der Waals surface area contributed by atoms with E-state index in [0.717, 1.165) is 25.0 Å². The number of halogens is 1. The summed E-state index contributed by atoms with van der Waals surface area (Å²) in [5, 5.41) is 1.05. The smallest absolute Gasteiger partial charge is 0.0716 e. The van der Waals surface area contributed by atoms with Crippen molar-refractivity contribution in [3.63, 3.8) is 0 Å². The molecule has 0 spiro atoms. The van der Waals surface area contributed by atoms with Crippen LogP contribution < -0.4 is 0 Å². The summed E-state index contributed by atoms with van der Waals surface area (Å²) in [5.74, 6) is 0.665. The van der Waals surface area contributed by atoms with Crippen LogP contribution in [0.3, 0.4) is 0 Å². The minimum atomic E-state index is 0.347. The van der Waals surface area contributed by atoms with Crippen LogP contribution in [0, 0.1) is 11.3 Å². The molecule has 1 unspecified atom stereocenters. The zero-order valence-electron chi connectivity index (χ0n) is 11.1. The van der Waals surface area contributed by atoms with Gasteiger partial charge in [0.25, 0.3) is 0 Å². The first kappa shape index (κ1) is 14.7. The molecule has 0 aromatic heterocycles. The maximum Gasteiger partial charge on any atom is 0.0716 e. The van der Waals surface area contributed by atoms with Gasteiger partial charge in [-0.1, -0.05) is 67.0 Å². The van der Waals surface area contributed by atoms with Crippen molar-refractivity contribution in [1.82, 2.24) is 0 Å². The van der Waals surface area contributed by atoms with E-state index in [1.165, 1.54) is 5.56 Å². The standard InChI is InChI=1S/C15H23BrO/c1-15(2,3)14(11-16)9-10-17-12-13-7-5-4-6-8-13/h4-8,14H,9-12H2,1-3H3. The zero-order valence-corrected chi connectivity index (χ0v) is 12.7. The van der Waals surface area contributed by atoms with Crippen molar-refractivity contribution in [2.45, 2.75) is 33.8 Å². The molecule has 0 bridgehead atoms. The number of rotatable bonds is 6. The van der Waals surface area contributed by atoms with Gasteiger partial charge in [0.05, 0.1) is 6.61 Å². The normalized spacial score (nSPS) is 13.6. The number of benzene rings is 1. The molecule has 0 radical (unpaired) electrons. The van der Waals surface area contributed by atoms with Crippen LogP contribution in [0.4, 0.5) is 0 Å². The summed E-state index contributed by atoms with van der Waals surface area (Å²) < 4.78 is 5.73. The van der Waals surface area contributed by atoms with Gasteiger partial charge in [-0.3, -0.25) is 0 Å². The van der Waals surface area contributed by atoms with Crippen LogP contribution in [-0.4, -0.2) is 11.9 Å². The van der Waals surface area contributed by atoms with E-state index < -0.39 is 0 Å². The van der Waals surface area contributed by atoms with Crippen molar-refractivity contribution in [2.24, 2.45) is 11.3 Å². The number of hydrogen-bond donors (Lipinski definition) is 0. The Kier molecular flexibility index (Phi) is 6.21. The molecule has 0 saturated carbocycles. The molecule has 17 heavy (non-hydrogen) atoms. The Balaban J connectivity index is 2.24. The Bertz CT molecular complexity index is 302. The fourth-order valence-corrected chi connectivity index (χ4v) is 3.03. The van der Waals surface area contributed by atoms with Gasteiger partial charge in [0.2, 0.25) is 0 Å². The Morgan fingerprint density at radius 1 is 1.18 bits per heavy atom. The van der Waals surface area contributed by atoms with Crippen LogP contribution in [0.1, 0.15) is 32.8 Å². The molecular weight excluding hydrogens is 276 g/mol. The zero-order chi connectivity index (χ0) is 12.7. The highest BCUT2D eigenvalue weighted by Gasteiger charge is 2.22. The van der Waals surface area contributed by atoms with E-state index in [1.54, 1.807) is 0 Å². The van der Waals surface area contributed by atoms with E-state index in [4.69, 9.17) is 4.74 Å². The highest BCUT2D eigenvalue weighted by molar-refractivity contribution is 9.09. The average Bonchev–Trinajstić information content (AvgIpc) is 2.28. The number of hydrogen-bond acceptors (Lipinski definition) is 1. The van der Waals surface area contributed by atoms with E-state index >= 15 is 0 Å². The highest BCUT2D eigenvalue weighted by Crippen LogP contribution is 2.30. The monoisotopic (exact) mass is 298 g/mol. The molecular formula is C15H23BrO. The molecule has 0 fully saturated rings. The third-order valence-corrected chi connectivity index (χ3v) is 3.91. The minimum Gasteiger partial charge on any atom is -0.377 e. The highest BCUT2D eigenvalue weighted by atomic mass is 79.9. The van der Waals surface area contributed by atoms with Gasteiger partial charge in [-0.2, -0.15) is 0 Å². The van der Waals surface area contributed by atoms with Crippen molar-refractivity contribution in [2.75, 3.05) is 11.9 Å². The lowest BCUT2D eigenvalue weighted by molar-refractivity contribution is 0.0927. The topological polar surface area (TPSA) is 9.23 Å². The van der Waals surface area contributed by atoms with Crippen molar-refractivity contribution in [1.29, 1.82) is 0 Å². The SMILES string of the molecule is CC(C)(C)C(CBr)CCOCc1ccccc1. The summed E-state index contributed by atoms with van der Waals surface area (Å²) in [4.78, 5) is 0. The average molecular weight is 299 g/mol. The van der Waals surface area contributed by atoms with Crippen LogP contribution in [-0.2, 0) is 11.3 Å². The summed E-state index contributed by atoms with van der Waals surface area (Å²) >= 11 is 3.59. The molecule has 1 nitrogen and oxygen atoms in total. The summed E-state index contributed by atoms with van der Waals surface area (Å²) in [6, 6.07) is 10.3. The quantitative estimate of drug-likeness (QED) is 0.549. The molecule has 0 heterocycles. The second-order valence-electron chi connectivity index (χ2n) is 5.54. The Morgan fingerprint density at radius 3 is 2.35 bits per heavy atom. The lowest BCUT2D eigenvalue weighted by Gasteiger charge is -2.29. The molecule has 2 heteroatoms. The molecule has 1 aromatic rings. The largest absolute Gasteiger partial charge is 0.377 e. The predicted octanol–water partition coefficient (Wildman–Crippen LogP) is 4.65. The maximum atomic E-state index is 5.73. The van der Waals surface area contributed by atoms with Crippen LogP contribution in [0.25, 0.3) is 0 Å². The fraction of sp³-hybridized carbons (Fsp3) is 0.600. The van der Waals surface area contributed by atoms with E-state index in [-0.39, 0.29) is 0 Å². The first-order valence-electron chi connectivity index (χ1n) is 6.21. The van der Waals surface area contributed by atoms with Gasteiger partial charge in [0, 0.05) is 11.9 Å². The van der Waals surface area contributed by atoms with Crippen molar-refractivity contribution in [3.8, 4) is 0 Å². The fourth-order valence-electron chi connectivity index (χ4n) is 1.73. The molecule has 0 aliphatic heterocycles. The minimum absolute atomic E-state index is 0.347. The lowest BCUT2D eigenvalue weighted by Crippen LogP contribution is -2.23. The second kappa shape index (κ2) is 7.17. The third-order valence-electron chi connectivity index (χ3n) is 3.13. The van der Waals surface area contributed by atoms with E-state index in [1.807, 2.05) is 6.07 Å².